The molecule has 4 unspecified atom stereocenters. The fraction of sp³-hybridized carbons (Fsp3) is 0.652. The van der Waals surface area contributed by atoms with Crippen molar-refractivity contribution < 1.29 is 14.0 Å². The monoisotopic (exact) mass is 418 g/mol. The van der Waals surface area contributed by atoms with E-state index in [0.29, 0.717) is 5.75 Å². The molecule has 2 amide bonds. The summed E-state index contributed by atoms with van der Waals surface area (Å²) >= 11 is 1.63. The van der Waals surface area contributed by atoms with Gasteiger partial charge in [0.15, 0.2) is 0 Å². The molecule has 4 rings (SSSR count). The SMILES string of the molecule is CCC1SCC(C(=O)N2CC3(C)CC2CC(C)(C)C3)N1C(=O)c1ccccc1F. The summed E-state index contributed by atoms with van der Waals surface area (Å²) in [4.78, 5) is 30.6. The van der Waals surface area contributed by atoms with Crippen molar-refractivity contribution in [1.82, 2.24) is 9.80 Å². The van der Waals surface area contributed by atoms with Crippen molar-refractivity contribution in [3.8, 4) is 0 Å². The zero-order chi connectivity index (χ0) is 21.0. The fourth-order valence-electron chi connectivity index (χ4n) is 6.02. The summed E-state index contributed by atoms with van der Waals surface area (Å²) in [6, 6.07) is 5.80. The number of likely N-dealkylation sites (tertiary alicyclic amines) is 1. The fourth-order valence-corrected chi connectivity index (χ4v) is 7.37. The molecule has 2 bridgehead atoms. The quantitative estimate of drug-likeness (QED) is 0.723. The lowest BCUT2D eigenvalue weighted by atomic mass is 9.65. The molecule has 2 saturated heterocycles. The first kappa shape index (κ1) is 20.7. The van der Waals surface area contributed by atoms with Crippen LogP contribution in [0.5, 0.6) is 0 Å². The van der Waals surface area contributed by atoms with Crippen molar-refractivity contribution >= 4 is 23.6 Å². The number of rotatable bonds is 3. The summed E-state index contributed by atoms with van der Waals surface area (Å²) in [6.45, 7) is 9.64. The summed E-state index contributed by atoms with van der Waals surface area (Å²) in [6.07, 6.45) is 3.91. The van der Waals surface area contributed by atoms with Gasteiger partial charge in [0.25, 0.3) is 5.91 Å². The molecule has 0 radical (unpaired) electrons. The second-order valence-corrected chi connectivity index (χ2v) is 11.3. The Morgan fingerprint density at radius 2 is 1.93 bits per heavy atom. The summed E-state index contributed by atoms with van der Waals surface area (Å²) in [5.41, 5.74) is 0.434. The second-order valence-electron chi connectivity index (χ2n) is 10.1. The zero-order valence-corrected chi connectivity index (χ0v) is 18.6. The number of carbonyl (C=O) groups excluding carboxylic acids is 2. The van der Waals surface area contributed by atoms with Gasteiger partial charge in [-0.2, -0.15) is 0 Å². The van der Waals surface area contributed by atoms with Gasteiger partial charge in [0, 0.05) is 18.3 Å². The largest absolute Gasteiger partial charge is 0.337 e. The predicted octanol–water partition coefficient (Wildman–Crippen LogP) is 4.55. The number of carbonyl (C=O) groups is 2. The van der Waals surface area contributed by atoms with E-state index >= 15 is 0 Å². The minimum atomic E-state index is -0.526. The van der Waals surface area contributed by atoms with Crippen LogP contribution in [-0.4, -0.2) is 51.4 Å². The maximum Gasteiger partial charge on any atom is 0.258 e. The van der Waals surface area contributed by atoms with Gasteiger partial charge in [-0.15, -0.1) is 11.8 Å². The van der Waals surface area contributed by atoms with Crippen LogP contribution in [0.15, 0.2) is 24.3 Å². The predicted molar refractivity (Wildman–Crippen MR) is 114 cm³/mol. The van der Waals surface area contributed by atoms with Crippen LogP contribution in [0.4, 0.5) is 4.39 Å². The van der Waals surface area contributed by atoms with Gasteiger partial charge in [-0.3, -0.25) is 9.59 Å². The van der Waals surface area contributed by atoms with Crippen molar-refractivity contribution in [2.45, 2.75) is 70.8 Å². The van der Waals surface area contributed by atoms with Crippen LogP contribution in [0.25, 0.3) is 0 Å². The molecular formula is C23H31FN2O2S. The van der Waals surface area contributed by atoms with Gasteiger partial charge < -0.3 is 9.80 Å². The Labute approximate surface area is 177 Å². The number of thioether (sulfide) groups is 1. The van der Waals surface area contributed by atoms with E-state index in [2.05, 4.69) is 20.8 Å². The summed E-state index contributed by atoms with van der Waals surface area (Å²) in [7, 11) is 0. The van der Waals surface area contributed by atoms with E-state index in [1.54, 1.807) is 28.8 Å². The molecule has 2 heterocycles. The molecule has 0 spiro atoms. The van der Waals surface area contributed by atoms with Crippen molar-refractivity contribution in [2.24, 2.45) is 10.8 Å². The first-order valence-electron chi connectivity index (χ1n) is 10.6. The highest BCUT2D eigenvalue weighted by molar-refractivity contribution is 8.00. The maximum atomic E-state index is 14.3. The van der Waals surface area contributed by atoms with Crippen molar-refractivity contribution in [1.29, 1.82) is 0 Å². The van der Waals surface area contributed by atoms with Gasteiger partial charge in [-0.1, -0.05) is 39.8 Å². The Morgan fingerprint density at radius 3 is 2.62 bits per heavy atom. The van der Waals surface area contributed by atoms with Crippen LogP contribution < -0.4 is 0 Å². The van der Waals surface area contributed by atoms with Crippen LogP contribution in [0.3, 0.4) is 0 Å². The Kier molecular flexibility index (Phi) is 5.21. The normalized spacial score (nSPS) is 33.2. The van der Waals surface area contributed by atoms with E-state index in [9.17, 15) is 14.0 Å². The third kappa shape index (κ3) is 3.69. The number of fused-ring (bicyclic) bond motifs is 2. The zero-order valence-electron chi connectivity index (χ0n) is 17.8. The molecule has 3 aliphatic rings. The third-order valence-electron chi connectivity index (χ3n) is 6.76. The third-order valence-corrected chi connectivity index (χ3v) is 8.22. The number of hydrogen-bond donors (Lipinski definition) is 0. The minimum absolute atomic E-state index is 0.0459. The van der Waals surface area contributed by atoms with Crippen molar-refractivity contribution in [3.63, 3.8) is 0 Å². The smallest absolute Gasteiger partial charge is 0.258 e. The Balaban J connectivity index is 1.61. The number of nitrogens with zero attached hydrogens (tertiary/aromatic N) is 2. The summed E-state index contributed by atoms with van der Waals surface area (Å²) in [5.74, 6) is -0.265. The Bertz CT molecular complexity index is 829. The molecule has 158 valence electrons. The molecule has 2 aliphatic heterocycles. The lowest BCUT2D eigenvalue weighted by Gasteiger charge is -2.39. The van der Waals surface area contributed by atoms with Gasteiger partial charge in [0.2, 0.25) is 5.91 Å². The van der Waals surface area contributed by atoms with Crippen molar-refractivity contribution in [3.05, 3.63) is 35.6 Å². The van der Waals surface area contributed by atoms with Crippen LogP contribution in [-0.2, 0) is 4.79 Å². The highest BCUT2D eigenvalue weighted by Crippen LogP contribution is 2.53. The van der Waals surface area contributed by atoms with E-state index in [0.717, 1.165) is 32.2 Å². The van der Waals surface area contributed by atoms with Gasteiger partial charge in [-0.25, -0.2) is 4.39 Å². The first-order valence-corrected chi connectivity index (χ1v) is 11.7. The van der Waals surface area contributed by atoms with E-state index < -0.39 is 11.9 Å². The Hall–Kier alpha value is -1.56. The topological polar surface area (TPSA) is 40.6 Å². The van der Waals surface area contributed by atoms with E-state index in [1.165, 1.54) is 12.1 Å². The minimum Gasteiger partial charge on any atom is -0.337 e. The average molecular weight is 419 g/mol. The Morgan fingerprint density at radius 1 is 1.21 bits per heavy atom. The lowest BCUT2D eigenvalue weighted by Crippen LogP contribution is -2.52. The highest BCUT2D eigenvalue weighted by atomic mass is 32.2. The number of benzene rings is 1. The molecule has 1 aromatic rings. The average Bonchev–Trinajstić information content (AvgIpc) is 3.18. The maximum absolute atomic E-state index is 14.3. The van der Waals surface area contributed by atoms with Crippen molar-refractivity contribution in [2.75, 3.05) is 12.3 Å². The van der Waals surface area contributed by atoms with Crippen LogP contribution >= 0.6 is 11.8 Å². The molecule has 3 fully saturated rings. The highest BCUT2D eigenvalue weighted by Gasteiger charge is 2.53. The van der Waals surface area contributed by atoms with E-state index in [-0.39, 0.29) is 39.6 Å². The molecule has 1 saturated carbocycles. The molecule has 4 atom stereocenters. The van der Waals surface area contributed by atoms with Crippen LogP contribution in [0, 0.1) is 16.6 Å². The molecule has 0 aromatic heterocycles. The van der Waals surface area contributed by atoms with Gasteiger partial charge >= 0.3 is 0 Å². The molecule has 1 aromatic carbocycles. The molecule has 6 heteroatoms. The number of halogens is 1. The molecular weight excluding hydrogens is 387 g/mol. The molecule has 29 heavy (non-hydrogen) atoms. The second kappa shape index (κ2) is 7.29. The first-order chi connectivity index (χ1) is 13.6. The molecule has 1 aliphatic carbocycles. The van der Waals surface area contributed by atoms with Crippen LogP contribution in [0.1, 0.15) is 63.7 Å². The number of amides is 2. The number of hydrogen-bond acceptors (Lipinski definition) is 3. The van der Waals surface area contributed by atoms with Gasteiger partial charge in [0.1, 0.15) is 11.9 Å². The molecule has 0 N–H and O–H groups in total. The van der Waals surface area contributed by atoms with Crippen LogP contribution in [0.2, 0.25) is 0 Å². The summed E-state index contributed by atoms with van der Waals surface area (Å²) in [5, 5.41) is -0.0925. The molecule has 4 nitrogen and oxygen atoms in total. The van der Waals surface area contributed by atoms with E-state index in [1.807, 2.05) is 11.8 Å². The standard InChI is InChI=1S/C23H31FN2O2S/c1-5-19-26(20(27)16-8-6-7-9-17(16)24)18(12-29-19)21(28)25-14-23(4)11-15(25)10-22(2,3)13-23/h6-9,15,18-19H,5,10-14H2,1-4H3. The van der Waals surface area contributed by atoms with E-state index in [4.69, 9.17) is 0 Å². The van der Waals surface area contributed by atoms with Gasteiger partial charge in [0.05, 0.1) is 10.9 Å². The summed E-state index contributed by atoms with van der Waals surface area (Å²) < 4.78 is 14.3. The van der Waals surface area contributed by atoms with Gasteiger partial charge in [-0.05, 0) is 48.6 Å². The lowest BCUT2D eigenvalue weighted by molar-refractivity contribution is -0.136.